The molecular formula is C16H27N3O3. The van der Waals surface area contributed by atoms with E-state index in [9.17, 15) is 4.79 Å². The summed E-state index contributed by atoms with van der Waals surface area (Å²) in [6.07, 6.45) is 6.02. The Labute approximate surface area is 131 Å². The first-order valence-corrected chi connectivity index (χ1v) is 8.17. The van der Waals surface area contributed by atoms with E-state index in [-0.39, 0.29) is 24.7 Å². The second-order valence-electron chi connectivity index (χ2n) is 5.77. The van der Waals surface area contributed by atoms with Crippen molar-refractivity contribution in [3.63, 3.8) is 0 Å². The van der Waals surface area contributed by atoms with Crippen molar-refractivity contribution in [3.8, 4) is 0 Å². The zero-order valence-corrected chi connectivity index (χ0v) is 13.3. The molecule has 0 bridgehead atoms. The third-order valence-corrected chi connectivity index (χ3v) is 4.21. The number of amides is 2. The Morgan fingerprint density at radius 2 is 2.18 bits per heavy atom. The number of aliphatic hydroxyl groups is 1. The van der Waals surface area contributed by atoms with Crippen molar-refractivity contribution < 1.29 is 14.3 Å². The molecule has 2 heterocycles. The highest BCUT2D eigenvalue weighted by atomic mass is 16.3. The van der Waals surface area contributed by atoms with Crippen LogP contribution in [0.5, 0.6) is 0 Å². The first-order chi connectivity index (χ1) is 10.7. The molecule has 3 N–H and O–H groups in total. The molecule has 0 radical (unpaired) electrons. The Morgan fingerprint density at radius 3 is 2.77 bits per heavy atom. The third-order valence-electron chi connectivity index (χ3n) is 4.21. The number of aliphatic hydroxyl groups excluding tert-OH is 1. The molecule has 0 aliphatic carbocycles. The fourth-order valence-electron chi connectivity index (χ4n) is 2.82. The number of hydrogen-bond acceptors (Lipinski definition) is 4. The molecule has 6 heteroatoms. The maximum absolute atomic E-state index is 11.9. The van der Waals surface area contributed by atoms with Gasteiger partial charge in [0.25, 0.3) is 0 Å². The van der Waals surface area contributed by atoms with E-state index in [1.165, 1.54) is 19.3 Å². The highest BCUT2D eigenvalue weighted by molar-refractivity contribution is 5.74. The Kier molecular flexibility index (Phi) is 6.74. The molecule has 0 unspecified atom stereocenters. The van der Waals surface area contributed by atoms with E-state index in [0.717, 1.165) is 18.8 Å². The molecule has 6 nitrogen and oxygen atoms in total. The van der Waals surface area contributed by atoms with Gasteiger partial charge < -0.3 is 20.2 Å². The van der Waals surface area contributed by atoms with Gasteiger partial charge in [0.2, 0.25) is 0 Å². The molecule has 1 aromatic rings. The number of carbonyl (C=O) groups excluding carboxylic acids is 1. The summed E-state index contributed by atoms with van der Waals surface area (Å²) in [4.78, 5) is 14.3. The number of carbonyl (C=O) groups is 1. The molecule has 0 saturated carbocycles. The fraction of sp³-hybridized carbons (Fsp3) is 0.688. The lowest BCUT2D eigenvalue weighted by atomic mass is 10.1. The van der Waals surface area contributed by atoms with Crippen molar-refractivity contribution in [2.24, 2.45) is 0 Å². The molecular weight excluding hydrogens is 282 g/mol. The number of likely N-dealkylation sites (tertiary alicyclic amines) is 1. The van der Waals surface area contributed by atoms with Gasteiger partial charge in [0, 0.05) is 6.54 Å². The van der Waals surface area contributed by atoms with Crippen LogP contribution in [-0.4, -0.2) is 48.3 Å². The van der Waals surface area contributed by atoms with E-state index in [0.29, 0.717) is 13.0 Å². The van der Waals surface area contributed by atoms with Gasteiger partial charge in [-0.1, -0.05) is 13.3 Å². The fourth-order valence-corrected chi connectivity index (χ4v) is 2.82. The number of nitrogens with zero attached hydrogens (tertiary/aromatic N) is 1. The lowest BCUT2D eigenvalue weighted by Crippen LogP contribution is -2.47. The van der Waals surface area contributed by atoms with Crippen LogP contribution in [0.25, 0.3) is 0 Å². The largest absolute Gasteiger partial charge is 0.468 e. The maximum atomic E-state index is 11.9. The molecule has 1 aliphatic heterocycles. The summed E-state index contributed by atoms with van der Waals surface area (Å²) >= 11 is 0. The number of nitrogens with one attached hydrogen (secondary N) is 2. The number of hydrogen-bond donors (Lipinski definition) is 3. The van der Waals surface area contributed by atoms with Gasteiger partial charge in [0.05, 0.1) is 25.0 Å². The van der Waals surface area contributed by atoms with Crippen molar-refractivity contribution in [2.45, 2.75) is 44.7 Å². The number of rotatable bonds is 7. The van der Waals surface area contributed by atoms with Crippen LogP contribution in [-0.2, 0) is 0 Å². The maximum Gasteiger partial charge on any atom is 0.315 e. The molecule has 1 aliphatic rings. The van der Waals surface area contributed by atoms with Crippen LogP contribution in [0.3, 0.4) is 0 Å². The van der Waals surface area contributed by atoms with E-state index < -0.39 is 0 Å². The minimum Gasteiger partial charge on any atom is -0.468 e. The van der Waals surface area contributed by atoms with Gasteiger partial charge in [-0.05, 0) is 44.5 Å². The smallest absolute Gasteiger partial charge is 0.315 e. The Bertz CT molecular complexity index is 426. The predicted molar refractivity (Wildman–Crippen MR) is 84.6 cm³/mol. The standard InChI is InChI=1S/C16H27N3O3/c1-2-13(12-20)18-16(21)17-11-14(15-7-6-10-22-15)19-8-4-3-5-9-19/h6-7,10,13-14,20H,2-5,8-9,11-12H2,1H3,(H2,17,18,21)/t13-,14+/m0/s1. The Balaban J connectivity index is 1.91. The van der Waals surface area contributed by atoms with Crippen molar-refractivity contribution in [1.82, 2.24) is 15.5 Å². The summed E-state index contributed by atoms with van der Waals surface area (Å²) in [6.45, 7) is 4.45. The average Bonchev–Trinajstić information content (AvgIpc) is 3.08. The first-order valence-electron chi connectivity index (χ1n) is 8.17. The molecule has 1 fully saturated rings. The van der Waals surface area contributed by atoms with Crippen molar-refractivity contribution in [1.29, 1.82) is 0 Å². The third kappa shape index (κ3) is 4.74. The minimum absolute atomic E-state index is 0.0440. The van der Waals surface area contributed by atoms with Gasteiger partial charge in [0.1, 0.15) is 5.76 Å². The van der Waals surface area contributed by atoms with Crippen LogP contribution in [0, 0.1) is 0 Å². The zero-order valence-electron chi connectivity index (χ0n) is 13.3. The lowest BCUT2D eigenvalue weighted by molar-refractivity contribution is 0.142. The van der Waals surface area contributed by atoms with Gasteiger partial charge in [-0.15, -0.1) is 0 Å². The Hall–Kier alpha value is -1.53. The molecule has 2 rings (SSSR count). The first kappa shape index (κ1) is 16.8. The van der Waals surface area contributed by atoms with E-state index in [2.05, 4.69) is 15.5 Å². The molecule has 1 aromatic heterocycles. The summed E-state index contributed by atoms with van der Waals surface area (Å²) in [5.41, 5.74) is 0. The molecule has 2 amide bonds. The quantitative estimate of drug-likeness (QED) is 0.718. The monoisotopic (exact) mass is 309 g/mol. The van der Waals surface area contributed by atoms with Crippen LogP contribution in [0.1, 0.15) is 44.4 Å². The highest BCUT2D eigenvalue weighted by Gasteiger charge is 2.25. The van der Waals surface area contributed by atoms with E-state index in [1.807, 2.05) is 19.1 Å². The average molecular weight is 309 g/mol. The van der Waals surface area contributed by atoms with Gasteiger partial charge in [0.15, 0.2) is 0 Å². The zero-order chi connectivity index (χ0) is 15.8. The SMILES string of the molecule is CC[C@@H](CO)NC(=O)NC[C@H](c1ccco1)N1CCCCC1. The highest BCUT2D eigenvalue weighted by Crippen LogP contribution is 2.24. The number of urea groups is 1. The van der Waals surface area contributed by atoms with Crippen LogP contribution < -0.4 is 10.6 Å². The van der Waals surface area contributed by atoms with E-state index >= 15 is 0 Å². The minimum atomic E-state index is -0.241. The second-order valence-corrected chi connectivity index (χ2v) is 5.77. The van der Waals surface area contributed by atoms with E-state index in [1.54, 1.807) is 6.26 Å². The molecule has 1 saturated heterocycles. The van der Waals surface area contributed by atoms with Crippen molar-refractivity contribution in [2.75, 3.05) is 26.2 Å². The van der Waals surface area contributed by atoms with Gasteiger partial charge >= 0.3 is 6.03 Å². The van der Waals surface area contributed by atoms with Crippen LogP contribution in [0.2, 0.25) is 0 Å². The molecule has 0 aromatic carbocycles. The lowest BCUT2D eigenvalue weighted by Gasteiger charge is -2.33. The van der Waals surface area contributed by atoms with Crippen LogP contribution in [0.4, 0.5) is 4.79 Å². The summed E-state index contributed by atoms with van der Waals surface area (Å²) in [6, 6.07) is 3.47. The summed E-state index contributed by atoms with van der Waals surface area (Å²) in [5, 5.41) is 14.8. The van der Waals surface area contributed by atoms with Crippen LogP contribution >= 0.6 is 0 Å². The molecule has 124 valence electrons. The second kappa shape index (κ2) is 8.80. The van der Waals surface area contributed by atoms with Crippen molar-refractivity contribution in [3.05, 3.63) is 24.2 Å². The predicted octanol–water partition coefficient (Wildman–Crippen LogP) is 1.88. The normalized spacial score (nSPS) is 18.6. The molecule has 0 spiro atoms. The summed E-state index contributed by atoms with van der Waals surface area (Å²) in [5.74, 6) is 0.886. The molecule has 22 heavy (non-hydrogen) atoms. The number of piperidine rings is 1. The van der Waals surface area contributed by atoms with Crippen molar-refractivity contribution >= 4 is 6.03 Å². The molecule has 2 atom stereocenters. The van der Waals surface area contributed by atoms with Gasteiger partial charge in [-0.2, -0.15) is 0 Å². The van der Waals surface area contributed by atoms with Gasteiger partial charge in [-0.25, -0.2) is 4.79 Å². The topological polar surface area (TPSA) is 77.7 Å². The van der Waals surface area contributed by atoms with Gasteiger partial charge in [-0.3, -0.25) is 4.90 Å². The summed E-state index contributed by atoms with van der Waals surface area (Å²) in [7, 11) is 0. The van der Waals surface area contributed by atoms with Crippen LogP contribution in [0.15, 0.2) is 22.8 Å². The van der Waals surface area contributed by atoms with E-state index in [4.69, 9.17) is 9.52 Å². The Morgan fingerprint density at radius 1 is 1.41 bits per heavy atom. The number of furan rings is 1. The summed E-state index contributed by atoms with van der Waals surface area (Å²) < 4.78 is 5.55.